The number of aromatic amines is 1. The Morgan fingerprint density at radius 3 is 2.93 bits per heavy atom. The van der Waals surface area contributed by atoms with Crippen LogP contribution in [0, 0.1) is 0 Å². The van der Waals surface area contributed by atoms with Crippen LogP contribution in [0.15, 0.2) is 57.6 Å². The molecule has 4 nitrogen and oxygen atoms in total. The number of amides is 1. The van der Waals surface area contributed by atoms with Gasteiger partial charge in [-0.3, -0.25) is 4.79 Å². The third-order valence-electron chi connectivity index (χ3n) is 5.05. The highest BCUT2D eigenvalue weighted by Gasteiger charge is 2.31. The number of benzene rings is 1. The van der Waals surface area contributed by atoms with Gasteiger partial charge in [0.2, 0.25) is 6.41 Å². The minimum Gasteiger partial charge on any atom is -0.385 e. The van der Waals surface area contributed by atoms with Gasteiger partial charge in [-0.25, -0.2) is 0 Å². The summed E-state index contributed by atoms with van der Waals surface area (Å²) in [7, 11) is 1.71. The zero-order valence-corrected chi connectivity index (χ0v) is 19.1. The Morgan fingerprint density at radius 1 is 1.41 bits per heavy atom. The molecule has 1 aliphatic heterocycles. The highest BCUT2D eigenvalue weighted by molar-refractivity contribution is 9.10. The van der Waals surface area contributed by atoms with Crippen LogP contribution >= 0.6 is 27.5 Å². The number of methoxy groups -OCH3 is 1. The van der Waals surface area contributed by atoms with E-state index in [0.717, 1.165) is 58.6 Å². The number of H-pyrrole nitrogens is 1. The van der Waals surface area contributed by atoms with E-state index in [4.69, 9.17) is 16.3 Å². The van der Waals surface area contributed by atoms with Crippen molar-refractivity contribution in [2.75, 3.05) is 20.3 Å². The normalized spacial score (nSPS) is 18.3. The van der Waals surface area contributed by atoms with Gasteiger partial charge in [0.1, 0.15) is 0 Å². The van der Waals surface area contributed by atoms with Gasteiger partial charge in [-0.2, -0.15) is 0 Å². The summed E-state index contributed by atoms with van der Waals surface area (Å²) < 4.78 is 5.75. The van der Waals surface area contributed by atoms with Gasteiger partial charge in [0, 0.05) is 52.8 Å². The Bertz CT molecular complexity index is 959. The number of allylic oxidation sites excluding steroid dienone is 4. The molecule has 2 aromatic rings. The molecule has 1 atom stereocenters. The number of fused-ring (bicyclic) bond motifs is 3. The van der Waals surface area contributed by atoms with Crippen LogP contribution in [0.3, 0.4) is 0 Å². The Kier molecular flexibility index (Phi) is 7.76. The number of halogens is 2. The minimum absolute atomic E-state index is 0.131. The standard InChI is InChI=1S/C19H16BrClN2O.C4H10O/c20-13-5-6-17-16(10-13)15-7-8-23(11-24)19(18(15)22-17)12-3-1-2-4-14(21)9-12;1-3-4-5-2/h1-3,5-6,9-11,19,22H,4,7-8H2;3-4H2,1-2H3. The van der Waals surface area contributed by atoms with E-state index in [2.05, 4.69) is 40.0 Å². The van der Waals surface area contributed by atoms with Gasteiger partial charge < -0.3 is 14.6 Å². The van der Waals surface area contributed by atoms with Crippen LogP contribution < -0.4 is 0 Å². The maximum absolute atomic E-state index is 11.7. The van der Waals surface area contributed by atoms with E-state index < -0.39 is 0 Å². The maximum Gasteiger partial charge on any atom is 0.210 e. The van der Waals surface area contributed by atoms with Crippen LogP contribution in [0.5, 0.6) is 0 Å². The first kappa shape index (κ1) is 21.9. The molecule has 2 aliphatic rings. The molecule has 0 fully saturated rings. The van der Waals surface area contributed by atoms with Gasteiger partial charge in [0.15, 0.2) is 0 Å². The van der Waals surface area contributed by atoms with Gasteiger partial charge >= 0.3 is 0 Å². The molecule has 1 amide bonds. The molecule has 1 aliphatic carbocycles. The number of nitrogens with zero attached hydrogens (tertiary/aromatic N) is 1. The van der Waals surface area contributed by atoms with Gasteiger partial charge in [-0.1, -0.05) is 52.7 Å². The smallest absolute Gasteiger partial charge is 0.210 e. The number of hydrogen-bond donors (Lipinski definition) is 1. The highest BCUT2D eigenvalue weighted by Crippen LogP contribution is 2.40. The lowest BCUT2D eigenvalue weighted by atomic mass is 9.92. The van der Waals surface area contributed by atoms with Gasteiger partial charge in [0.25, 0.3) is 0 Å². The van der Waals surface area contributed by atoms with Crippen molar-refractivity contribution < 1.29 is 9.53 Å². The quantitative estimate of drug-likeness (QED) is 0.546. The molecule has 0 bridgehead atoms. The summed E-state index contributed by atoms with van der Waals surface area (Å²) >= 11 is 9.85. The fourth-order valence-corrected chi connectivity index (χ4v) is 4.35. The van der Waals surface area contributed by atoms with Crippen molar-refractivity contribution in [1.82, 2.24) is 9.88 Å². The van der Waals surface area contributed by atoms with Crippen molar-refractivity contribution >= 4 is 44.8 Å². The number of aromatic nitrogens is 1. The summed E-state index contributed by atoms with van der Waals surface area (Å²) in [5.41, 5.74) is 4.50. The molecule has 1 N–H and O–H groups in total. The number of ether oxygens (including phenoxy) is 1. The van der Waals surface area contributed by atoms with Gasteiger partial charge in [-0.15, -0.1) is 0 Å². The Balaban J connectivity index is 0.000000431. The Morgan fingerprint density at radius 2 is 2.24 bits per heavy atom. The molecule has 0 spiro atoms. The summed E-state index contributed by atoms with van der Waals surface area (Å²) in [5.74, 6) is 0. The second-order valence-corrected chi connectivity index (χ2v) is 8.49. The molecule has 0 radical (unpaired) electrons. The molecule has 1 aromatic carbocycles. The van der Waals surface area contributed by atoms with Crippen LogP contribution in [0.4, 0.5) is 0 Å². The predicted molar refractivity (Wildman–Crippen MR) is 123 cm³/mol. The fourth-order valence-electron chi connectivity index (χ4n) is 3.77. The largest absolute Gasteiger partial charge is 0.385 e. The second-order valence-electron chi connectivity index (χ2n) is 7.09. The second kappa shape index (κ2) is 10.3. The zero-order valence-electron chi connectivity index (χ0n) is 16.8. The van der Waals surface area contributed by atoms with E-state index in [0.29, 0.717) is 6.54 Å². The van der Waals surface area contributed by atoms with Crippen molar-refractivity contribution in [2.24, 2.45) is 0 Å². The van der Waals surface area contributed by atoms with Crippen molar-refractivity contribution in [3.8, 4) is 0 Å². The molecule has 1 unspecified atom stereocenters. The van der Waals surface area contributed by atoms with Crippen LogP contribution in [0.1, 0.15) is 37.1 Å². The molecule has 2 heterocycles. The molecular weight excluding hydrogens is 452 g/mol. The molecule has 0 saturated carbocycles. The Hall–Kier alpha value is -1.82. The first-order valence-electron chi connectivity index (χ1n) is 9.81. The summed E-state index contributed by atoms with van der Waals surface area (Å²) in [6.45, 7) is 3.68. The first-order chi connectivity index (χ1) is 14.1. The summed E-state index contributed by atoms with van der Waals surface area (Å²) in [5, 5.41) is 2.00. The number of carbonyl (C=O) groups is 1. The molecule has 154 valence electrons. The lowest BCUT2D eigenvalue weighted by Gasteiger charge is -2.34. The SMILES string of the molecule is CCCOC.O=CN1CCc2c([nH]c3ccc(Br)cc23)C1C1=CC=CCC(Cl)=C1. The average molecular weight is 478 g/mol. The van der Waals surface area contributed by atoms with Crippen LogP contribution in [0.2, 0.25) is 0 Å². The third-order valence-corrected chi connectivity index (χ3v) is 5.80. The number of nitrogens with one attached hydrogen (secondary N) is 1. The van der Waals surface area contributed by atoms with Gasteiger partial charge in [-0.05, 0) is 48.3 Å². The van der Waals surface area contributed by atoms with E-state index in [-0.39, 0.29) is 6.04 Å². The molecule has 4 rings (SSSR count). The van der Waals surface area contributed by atoms with Crippen LogP contribution in [-0.4, -0.2) is 36.6 Å². The topological polar surface area (TPSA) is 45.3 Å². The molecular formula is C23H26BrClN2O2. The van der Waals surface area contributed by atoms with E-state index in [9.17, 15) is 4.79 Å². The van der Waals surface area contributed by atoms with Crippen molar-refractivity contribution in [3.05, 3.63) is 68.8 Å². The molecule has 0 saturated heterocycles. The Labute approximate surface area is 185 Å². The lowest BCUT2D eigenvalue weighted by molar-refractivity contribution is -0.120. The van der Waals surface area contributed by atoms with Crippen molar-refractivity contribution in [3.63, 3.8) is 0 Å². The van der Waals surface area contributed by atoms with Gasteiger partial charge in [0.05, 0.1) is 6.04 Å². The molecule has 1 aromatic heterocycles. The molecule has 6 heteroatoms. The predicted octanol–water partition coefficient (Wildman–Crippen LogP) is 6.04. The summed E-state index contributed by atoms with van der Waals surface area (Å²) in [6.07, 6.45) is 11.7. The average Bonchev–Trinajstić information content (AvgIpc) is 2.94. The fraction of sp³-hybridized carbons (Fsp3) is 0.348. The third kappa shape index (κ3) is 5.03. The number of hydrogen-bond acceptors (Lipinski definition) is 2. The highest BCUT2D eigenvalue weighted by atomic mass is 79.9. The lowest BCUT2D eigenvalue weighted by Crippen LogP contribution is -2.35. The van der Waals surface area contributed by atoms with E-state index in [1.165, 1.54) is 10.9 Å². The summed E-state index contributed by atoms with van der Waals surface area (Å²) in [6, 6.07) is 6.11. The minimum atomic E-state index is -0.131. The molecule has 29 heavy (non-hydrogen) atoms. The monoisotopic (exact) mass is 476 g/mol. The van der Waals surface area contributed by atoms with E-state index in [1.807, 2.05) is 35.3 Å². The van der Waals surface area contributed by atoms with Crippen LogP contribution in [0.25, 0.3) is 10.9 Å². The van der Waals surface area contributed by atoms with E-state index in [1.54, 1.807) is 7.11 Å². The first-order valence-corrected chi connectivity index (χ1v) is 11.0. The van der Waals surface area contributed by atoms with Crippen molar-refractivity contribution in [1.29, 1.82) is 0 Å². The maximum atomic E-state index is 11.7. The zero-order chi connectivity index (χ0) is 20.8. The summed E-state index contributed by atoms with van der Waals surface area (Å²) in [4.78, 5) is 17.0. The van der Waals surface area contributed by atoms with E-state index >= 15 is 0 Å². The number of carbonyl (C=O) groups excluding carboxylic acids is 1. The number of rotatable bonds is 4. The van der Waals surface area contributed by atoms with Crippen LogP contribution in [-0.2, 0) is 16.0 Å². The van der Waals surface area contributed by atoms with Crippen molar-refractivity contribution in [2.45, 2.75) is 32.2 Å².